The Balaban J connectivity index is 0.000000156. The Morgan fingerprint density at radius 3 is 0.863 bits per heavy atom. The van der Waals surface area contributed by atoms with E-state index >= 15 is 0 Å². The van der Waals surface area contributed by atoms with Gasteiger partial charge in [-0.2, -0.15) is 0 Å². The molecule has 0 fully saturated rings. The summed E-state index contributed by atoms with van der Waals surface area (Å²) in [5.74, 6) is 0.500. The fourth-order valence-corrected chi connectivity index (χ4v) is 19.0. The van der Waals surface area contributed by atoms with Gasteiger partial charge in [0.15, 0.2) is 0 Å². The Morgan fingerprint density at radius 1 is 0.248 bits per heavy atom. The number of benzene rings is 19. The van der Waals surface area contributed by atoms with Gasteiger partial charge in [0.2, 0.25) is 0 Å². The van der Waals surface area contributed by atoms with E-state index in [2.05, 4.69) is 387 Å². The molecule has 2 aliphatic carbocycles. The van der Waals surface area contributed by atoms with Crippen LogP contribution in [0.4, 0.5) is 85.3 Å². The van der Waals surface area contributed by atoms with E-state index in [0.717, 1.165) is 112 Å². The van der Waals surface area contributed by atoms with Crippen LogP contribution in [0.15, 0.2) is 376 Å². The number of aryl methyl sites for hydroxylation is 3. The molecule has 2 aliphatic rings. The Bertz CT molecular complexity index is 6710. The van der Waals surface area contributed by atoms with Crippen LogP contribution in [-0.4, -0.2) is 10.2 Å². The molecule has 21 rings (SSSR count). The first kappa shape index (κ1) is 71.9. The van der Waals surface area contributed by atoms with Crippen LogP contribution in [0.25, 0.3) is 75.8 Å². The first-order valence-corrected chi connectivity index (χ1v) is 41.1. The van der Waals surface area contributed by atoms with E-state index in [1.165, 1.54) is 109 Å². The molecule has 2 N–H and O–H groups in total. The summed E-state index contributed by atoms with van der Waals surface area (Å²) in [6.07, 6.45) is 5.02. The van der Waals surface area contributed by atoms with Crippen molar-refractivity contribution in [2.45, 2.75) is 77.6 Å². The zero-order valence-corrected chi connectivity index (χ0v) is 66.5. The lowest BCUT2D eigenvalue weighted by molar-refractivity contribution is 0.475. The maximum Gasteiger partial charge on any atom is 0.115 e. The summed E-state index contributed by atoms with van der Waals surface area (Å²) in [6, 6.07) is 135. The first-order chi connectivity index (χ1) is 57.3. The Labute approximate surface area is 684 Å². The van der Waals surface area contributed by atoms with Crippen LogP contribution < -0.4 is 24.5 Å². The van der Waals surface area contributed by atoms with Gasteiger partial charge in [-0.05, 0) is 303 Å². The minimum Gasteiger partial charge on any atom is -0.508 e. The van der Waals surface area contributed by atoms with Crippen LogP contribution >= 0.6 is 0 Å². The average molecular weight is 1510 g/mol. The van der Waals surface area contributed by atoms with Gasteiger partial charge in [-0.3, -0.25) is 0 Å². The molecule has 0 radical (unpaired) electrons. The van der Waals surface area contributed by atoms with Crippen molar-refractivity contribution in [3.63, 3.8) is 0 Å². The molecule has 0 unspecified atom stereocenters. The van der Waals surface area contributed by atoms with Crippen molar-refractivity contribution >= 4 is 150 Å². The van der Waals surface area contributed by atoms with E-state index in [1.807, 2.05) is 24.3 Å². The SMILES string of the molecule is CC1(C)CCc2cc(N(c3ccccc3)c3ccccc3)c3ccc4c(-c5ccc(N(c6ccccc6)c6ccccc6)cc5)cc(N(c5ccccc5)c5ccccc5)c5cc1c2c3c45.CCc1cc(N(c2ccccc2)c2ccc(O)cc2)c2cc3c4c(cc(N(c5ccccc5)c5ccc(O)cc5)c5ccc1c2c54)CCC3(C)C. The topological polar surface area (TPSA) is 56.7 Å². The van der Waals surface area contributed by atoms with Crippen molar-refractivity contribution in [3.8, 4) is 22.6 Å². The molecule has 7 heteroatoms. The van der Waals surface area contributed by atoms with E-state index in [1.54, 1.807) is 24.3 Å². The molecule has 0 aliphatic heterocycles. The van der Waals surface area contributed by atoms with Gasteiger partial charge in [-0.25, -0.2) is 0 Å². The standard InChI is InChI=1S/C63H49N3.C47H40N2O2/c1-63(2)40-39-45-41-58(65(48-25-13-5-14-26-48)49-27-15-6-16-28-49)54-38-37-53-55(44-33-35-52(36-34-44)64(46-21-9-3-10-22-46)47-23-11-4-12-24-47)43-59(56-42-57(63)60(45)62(54)61(53)56)66(50-29-17-7-18-30-50)51-31-19-8-20-32-51;1-4-30-27-43(49(33-13-9-6-10-14-33)35-17-21-37(51)22-18-35)40-29-41-44-31(25-26-47(41,2)3)28-42(39-24-23-38(30)45(40)46(39)44)48(32-11-7-5-8-12-32)34-15-19-36(50)20-16-34/h3-38,41-43H,39-40H2,1-2H3;5-24,27-29,50-51H,4,25-26H2,1-3H3. The van der Waals surface area contributed by atoms with Gasteiger partial charge in [0.05, 0.1) is 22.7 Å². The number of phenolic OH excluding ortho intramolecular Hbond substituents is 2. The molecule has 0 heterocycles. The van der Waals surface area contributed by atoms with Crippen LogP contribution in [-0.2, 0) is 30.1 Å². The van der Waals surface area contributed by atoms with E-state index in [-0.39, 0.29) is 22.3 Å². The lowest BCUT2D eigenvalue weighted by Crippen LogP contribution is -2.24. The first-order valence-electron chi connectivity index (χ1n) is 41.1. The molecule has 0 spiro atoms. The maximum atomic E-state index is 10.3. The third-order valence-electron chi connectivity index (χ3n) is 24.8. The molecule has 19 aromatic rings. The van der Waals surface area contributed by atoms with Crippen molar-refractivity contribution in [3.05, 3.63) is 404 Å². The van der Waals surface area contributed by atoms with Crippen molar-refractivity contribution in [1.29, 1.82) is 0 Å². The summed E-state index contributed by atoms with van der Waals surface area (Å²) in [5, 5.41) is 36.1. The molecule has 0 atom stereocenters. The third-order valence-corrected chi connectivity index (χ3v) is 24.8. The Kier molecular flexibility index (Phi) is 18.0. The van der Waals surface area contributed by atoms with Crippen molar-refractivity contribution < 1.29 is 10.2 Å². The highest BCUT2D eigenvalue weighted by Crippen LogP contribution is 2.58. The zero-order valence-electron chi connectivity index (χ0n) is 66.5. The highest BCUT2D eigenvalue weighted by Gasteiger charge is 2.37. The van der Waals surface area contributed by atoms with Gasteiger partial charge in [0, 0.05) is 100 Å². The van der Waals surface area contributed by atoms with Crippen molar-refractivity contribution in [1.82, 2.24) is 0 Å². The summed E-state index contributed by atoms with van der Waals surface area (Å²) in [4.78, 5) is 12.0. The lowest BCUT2D eigenvalue weighted by atomic mass is 9.70. The van der Waals surface area contributed by atoms with Crippen LogP contribution in [0, 0.1) is 0 Å². The summed E-state index contributed by atoms with van der Waals surface area (Å²) in [5.41, 5.74) is 25.9. The van der Waals surface area contributed by atoms with E-state index in [9.17, 15) is 10.2 Å². The average Bonchev–Trinajstić information content (AvgIpc) is 0.696. The molecule has 7 nitrogen and oxygen atoms in total. The molecule has 0 bridgehead atoms. The molecule has 0 aromatic heterocycles. The van der Waals surface area contributed by atoms with Gasteiger partial charge in [0.25, 0.3) is 0 Å². The van der Waals surface area contributed by atoms with Crippen LogP contribution in [0.3, 0.4) is 0 Å². The van der Waals surface area contributed by atoms with Gasteiger partial charge >= 0.3 is 0 Å². The second kappa shape index (κ2) is 29.4. The van der Waals surface area contributed by atoms with Gasteiger partial charge in [0.1, 0.15) is 11.5 Å². The second-order valence-corrected chi connectivity index (χ2v) is 32.7. The van der Waals surface area contributed by atoms with E-state index < -0.39 is 0 Å². The fourth-order valence-electron chi connectivity index (χ4n) is 19.0. The highest BCUT2D eigenvalue weighted by atomic mass is 16.3. The summed E-state index contributed by atoms with van der Waals surface area (Å²) in [7, 11) is 0. The molecule has 0 amide bonds. The Hall–Kier alpha value is -14.1. The van der Waals surface area contributed by atoms with E-state index in [4.69, 9.17) is 0 Å². The van der Waals surface area contributed by atoms with Crippen molar-refractivity contribution in [2.75, 3.05) is 24.5 Å². The smallest absolute Gasteiger partial charge is 0.115 e. The molecular weight excluding hydrogens is 1420 g/mol. The molecular formula is C110H89N5O2. The normalized spacial score (nSPS) is 13.3. The second-order valence-electron chi connectivity index (χ2n) is 32.7. The van der Waals surface area contributed by atoms with Gasteiger partial charge in [-0.1, -0.05) is 217 Å². The summed E-state index contributed by atoms with van der Waals surface area (Å²) in [6.45, 7) is 11.9. The molecule has 0 saturated carbocycles. The Morgan fingerprint density at radius 2 is 0.521 bits per heavy atom. The monoisotopic (exact) mass is 1510 g/mol. The largest absolute Gasteiger partial charge is 0.508 e. The quantitative estimate of drug-likeness (QED) is 0.0881. The zero-order chi connectivity index (χ0) is 79.0. The molecule has 0 saturated heterocycles. The molecule has 117 heavy (non-hydrogen) atoms. The minimum absolute atomic E-state index is 0.0197. The third kappa shape index (κ3) is 12.6. The summed E-state index contributed by atoms with van der Waals surface area (Å²) >= 11 is 0. The number of hydrogen-bond donors (Lipinski definition) is 2. The fraction of sp³-hybridized carbons (Fsp3) is 0.109. The number of para-hydroxylation sites is 8. The van der Waals surface area contributed by atoms with Crippen LogP contribution in [0.1, 0.15) is 75.3 Å². The van der Waals surface area contributed by atoms with Crippen LogP contribution in [0.5, 0.6) is 11.5 Å². The lowest BCUT2D eigenvalue weighted by Gasteiger charge is -2.37. The number of anilines is 15. The number of rotatable bonds is 17. The molecule has 19 aromatic carbocycles. The maximum absolute atomic E-state index is 10.3. The predicted octanol–water partition coefficient (Wildman–Crippen LogP) is 30.6. The highest BCUT2D eigenvalue weighted by molar-refractivity contribution is 6.33. The number of nitrogens with zero attached hydrogens (tertiary/aromatic N) is 5. The van der Waals surface area contributed by atoms with Gasteiger partial charge in [-0.15, -0.1) is 0 Å². The number of hydrogen-bond acceptors (Lipinski definition) is 7. The molecule has 566 valence electrons. The van der Waals surface area contributed by atoms with Gasteiger partial charge < -0.3 is 34.7 Å². The summed E-state index contributed by atoms with van der Waals surface area (Å²) < 4.78 is 0. The van der Waals surface area contributed by atoms with E-state index in [0.29, 0.717) is 0 Å². The number of aromatic hydroxyl groups is 2. The number of phenols is 2. The predicted molar refractivity (Wildman–Crippen MR) is 495 cm³/mol. The van der Waals surface area contributed by atoms with Crippen molar-refractivity contribution in [2.24, 2.45) is 0 Å². The minimum atomic E-state index is -0.0284. The van der Waals surface area contributed by atoms with Crippen LogP contribution in [0.2, 0.25) is 0 Å².